The van der Waals surface area contributed by atoms with Crippen LogP contribution in [0.1, 0.15) is 22.8 Å². The van der Waals surface area contributed by atoms with Crippen LogP contribution in [0.4, 0.5) is 0 Å². The van der Waals surface area contributed by atoms with Crippen molar-refractivity contribution in [2.45, 2.75) is 19.9 Å². The standard InChI is InChI=1S/C13H18N2O2/c1-3-15-12-8-17-7-11(12)13(16)10-4-9(2)5-14-6-10/h4-6,11-12,15H,3,7-8H2,1-2H3. The number of pyridine rings is 1. The summed E-state index contributed by atoms with van der Waals surface area (Å²) in [5, 5.41) is 3.29. The molecule has 92 valence electrons. The van der Waals surface area contributed by atoms with Gasteiger partial charge in [-0.15, -0.1) is 0 Å². The highest BCUT2D eigenvalue weighted by Crippen LogP contribution is 2.19. The van der Waals surface area contributed by atoms with Gasteiger partial charge in [0.15, 0.2) is 5.78 Å². The molecule has 0 aromatic carbocycles. The van der Waals surface area contributed by atoms with Crippen molar-refractivity contribution >= 4 is 5.78 Å². The van der Waals surface area contributed by atoms with E-state index in [-0.39, 0.29) is 17.7 Å². The summed E-state index contributed by atoms with van der Waals surface area (Å²) in [7, 11) is 0. The first-order chi connectivity index (χ1) is 8.22. The summed E-state index contributed by atoms with van der Waals surface area (Å²) in [4.78, 5) is 16.4. The van der Waals surface area contributed by atoms with Gasteiger partial charge >= 0.3 is 0 Å². The topological polar surface area (TPSA) is 51.2 Å². The third-order valence-corrected chi connectivity index (χ3v) is 3.04. The lowest BCUT2D eigenvalue weighted by Gasteiger charge is -2.17. The van der Waals surface area contributed by atoms with Gasteiger partial charge in [-0.3, -0.25) is 9.78 Å². The number of ether oxygens (including phenoxy) is 1. The first-order valence-electron chi connectivity index (χ1n) is 5.99. The molecule has 1 fully saturated rings. The van der Waals surface area contributed by atoms with Crippen molar-refractivity contribution in [2.24, 2.45) is 5.92 Å². The summed E-state index contributed by atoms with van der Waals surface area (Å²) in [5.74, 6) is 0.0446. The molecule has 1 aromatic heterocycles. The van der Waals surface area contributed by atoms with Crippen LogP contribution in [-0.2, 0) is 4.74 Å². The van der Waals surface area contributed by atoms with Crippen LogP contribution in [0.25, 0.3) is 0 Å². The zero-order chi connectivity index (χ0) is 12.3. The maximum Gasteiger partial charge on any atom is 0.171 e. The predicted octanol–water partition coefficient (Wildman–Crippen LogP) is 1.20. The quantitative estimate of drug-likeness (QED) is 0.795. The van der Waals surface area contributed by atoms with E-state index in [1.54, 1.807) is 12.4 Å². The molecule has 1 aliphatic heterocycles. The first-order valence-corrected chi connectivity index (χ1v) is 5.99. The average molecular weight is 234 g/mol. The summed E-state index contributed by atoms with van der Waals surface area (Å²) in [6.45, 7) is 5.95. The Morgan fingerprint density at radius 1 is 1.53 bits per heavy atom. The third-order valence-electron chi connectivity index (χ3n) is 3.04. The number of nitrogens with one attached hydrogen (secondary N) is 1. The maximum absolute atomic E-state index is 12.3. The lowest BCUT2D eigenvalue weighted by Crippen LogP contribution is -2.39. The van der Waals surface area contributed by atoms with Crippen LogP contribution in [-0.4, -0.2) is 36.6 Å². The molecule has 1 aromatic rings. The second-order valence-corrected chi connectivity index (χ2v) is 4.42. The lowest BCUT2D eigenvalue weighted by atomic mass is 9.93. The lowest BCUT2D eigenvalue weighted by molar-refractivity contribution is 0.0891. The largest absolute Gasteiger partial charge is 0.379 e. The van der Waals surface area contributed by atoms with Gasteiger partial charge in [-0.1, -0.05) is 6.92 Å². The zero-order valence-corrected chi connectivity index (χ0v) is 10.3. The van der Waals surface area contributed by atoms with E-state index >= 15 is 0 Å². The second-order valence-electron chi connectivity index (χ2n) is 4.42. The Hall–Kier alpha value is -1.26. The van der Waals surface area contributed by atoms with Crippen LogP contribution in [0.2, 0.25) is 0 Å². The SMILES string of the molecule is CCNC1COCC1C(=O)c1cncc(C)c1. The van der Waals surface area contributed by atoms with Crippen LogP contribution in [0.15, 0.2) is 18.5 Å². The van der Waals surface area contributed by atoms with E-state index in [2.05, 4.69) is 10.3 Å². The van der Waals surface area contributed by atoms with Gasteiger partial charge in [-0.25, -0.2) is 0 Å². The maximum atomic E-state index is 12.3. The van der Waals surface area contributed by atoms with Crippen molar-refractivity contribution in [2.75, 3.05) is 19.8 Å². The fourth-order valence-electron chi connectivity index (χ4n) is 2.18. The summed E-state index contributed by atoms with van der Waals surface area (Å²) in [5.41, 5.74) is 1.69. The van der Waals surface area contributed by atoms with Crippen molar-refractivity contribution in [3.05, 3.63) is 29.6 Å². The van der Waals surface area contributed by atoms with Gasteiger partial charge in [0.05, 0.1) is 19.1 Å². The molecule has 0 amide bonds. The monoisotopic (exact) mass is 234 g/mol. The number of carbonyl (C=O) groups is 1. The average Bonchev–Trinajstić information content (AvgIpc) is 2.77. The Morgan fingerprint density at radius 3 is 3.06 bits per heavy atom. The molecule has 0 radical (unpaired) electrons. The third kappa shape index (κ3) is 2.70. The molecule has 0 bridgehead atoms. The highest BCUT2D eigenvalue weighted by molar-refractivity contribution is 5.98. The van der Waals surface area contributed by atoms with Gasteiger partial charge in [-0.05, 0) is 25.1 Å². The fourth-order valence-corrected chi connectivity index (χ4v) is 2.18. The fraction of sp³-hybridized carbons (Fsp3) is 0.538. The van der Waals surface area contributed by atoms with Gasteiger partial charge in [0, 0.05) is 24.0 Å². The molecule has 1 N–H and O–H groups in total. The van der Waals surface area contributed by atoms with Crippen LogP contribution in [0.3, 0.4) is 0 Å². The number of aromatic nitrogens is 1. The van der Waals surface area contributed by atoms with Gasteiger partial charge in [-0.2, -0.15) is 0 Å². The molecule has 2 atom stereocenters. The molecular formula is C13H18N2O2. The van der Waals surface area contributed by atoms with E-state index in [0.717, 1.165) is 12.1 Å². The molecule has 0 spiro atoms. The summed E-state index contributed by atoms with van der Waals surface area (Å²) in [6, 6.07) is 2.02. The minimum Gasteiger partial charge on any atom is -0.379 e. The van der Waals surface area contributed by atoms with E-state index in [1.807, 2.05) is 19.9 Å². The van der Waals surface area contributed by atoms with E-state index in [1.165, 1.54) is 0 Å². The molecule has 0 saturated carbocycles. The number of hydrogen-bond donors (Lipinski definition) is 1. The van der Waals surface area contributed by atoms with Crippen molar-refractivity contribution in [1.29, 1.82) is 0 Å². The van der Waals surface area contributed by atoms with Crippen LogP contribution < -0.4 is 5.32 Å². The Kier molecular flexibility index (Phi) is 3.86. The Bertz CT molecular complexity index is 406. The number of hydrogen-bond acceptors (Lipinski definition) is 4. The Balaban J connectivity index is 2.14. The van der Waals surface area contributed by atoms with Crippen molar-refractivity contribution in [1.82, 2.24) is 10.3 Å². The number of Topliss-reactive ketones (excluding diaryl/α,β-unsaturated/α-hetero) is 1. The summed E-state index contributed by atoms with van der Waals surface area (Å²) in [6.07, 6.45) is 3.39. The summed E-state index contributed by atoms with van der Waals surface area (Å²) < 4.78 is 5.39. The van der Waals surface area contributed by atoms with Crippen molar-refractivity contribution < 1.29 is 9.53 Å². The molecule has 4 heteroatoms. The molecule has 0 aliphatic carbocycles. The van der Waals surface area contributed by atoms with Crippen molar-refractivity contribution in [3.63, 3.8) is 0 Å². The molecule has 2 unspecified atom stereocenters. The van der Waals surface area contributed by atoms with Gasteiger partial charge in [0.25, 0.3) is 0 Å². The van der Waals surface area contributed by atoms with Crippen LogP contribution in [0, 0.1) is 12.8 Å². The molecular weight excluding hydrogens is 216 g/mol. The number of rotatable bonds is 4. The molecule has 4 nitrogen and oxygen atoms in total. The molecule has 17 heavy (non-hydrogen) atoms. The molecule has 2 heterocycles. The number of carbonyl (C=O) groups excluding carboxylic acids is 1. The van der Waals surface area contributed by atoms with Crippen molar-refractivity contribution in [3.8, 4) is 0 Å². The number of nitrogens with zero attached hydrogens (tertiary/aromatic N) is 1. The highest BCUT2D eigenvalue weighted by Gasteiger charge is 2.33. The number of likely N-dealkylation sites (N-methyl/N-ethyl adjacent to an activating group) is 1. The Labute approximate surface area is 101 Å². The molecule has 1 saturated heterocycles. The van der Waals surface area contributed by atoms with Gasteiger partial charge < -0.3 is 10.1 Å². The number of ketones is 1. The molecule has 1 aliphatic rings. The van der Waals surface area contributed by atoms with Gasteiger partial charge in [0.2, 0.25) is 0 Å². The highest BCUT2D eigenvalue weighted by atomic mass is 16.5. The number of aryl methyl sites for hydroxylation is 1. The van der Waals surface area contributed by atoms with E-state index in [4.69, 9.17) is 4.74 Å². The first kappa shape index (κ1) is 12.2. The normalized spacial score (nSPS) is 23.9. The van der Waals surface area contributed by atoms with Crippen LogP contribution in [0.5, 0.6) is 0 Å². The second kappa shape index (κ2) is 5.38. The minimum atomic E-state index is -0.0847. The minimum absolute atomic E-state index is 0.0847. The smallest absolute Gasteiger partial charge is 0.171 e. The van der Waals surface area contributed by atoms with E-state index < -0.39 is 0 Å². The molecule has 2 rings (SSSR count). The Morgan fingerprint density at radius 2 is 2.35 bits per heavy atom. The van der Waals surface area contributed by atoms with Crippen LogP contribution >= 0.6 is 0 Å². The van der Waals surface area contributed by atoms with Gasteiger partial charge in [0.1, 0.15) is 0 Å². The summed E-state index contributed by atoms with van der Waals surface area (Å²) >= 11 is 0. The van der Waals surface area contributed by atoms with E-state index in [0.29, 0.717) is 18.8 Å². The predicted molar refractivity (Wildman–Crippen MR) is 65.1 cm³/mol. The van der Waals surface area contributed by atoms with E-state index in [9.17, 15) is 4.79 Å². The zero-order valence-electron chi connectivity index (χ0n) is 10.3.